The summed E-state index contributed by atoms with van der Waals surface area (Å²) in [6, 6.07) is 4.52. The lowest BCUT2D eigenvalue weighted by atomic mass is 9.84. The van der Waals surface area contributed by atoms with Crippen LogP contribution in [0.2, 0.25) is 10.0 Å². The monoisotopic (exact) mass is 276 g/mol. The van der Waals surface area contributed by atoms with Gasteiger partial charge in [-0.25, -0.2) is 0 Å². The molecule has 0 bridgehead atoms. The lowest BCUT2D eigenvalue weighted by Gasteiger charge is -2.20. The van der Waals surface area contributed by atoms with Gasteiger partial charge in [0, 0.05) is 16.5 Å². The number of carbonyl (C=O) groups is 2. The maximum Gasteiger partial charge on any atom is 0.321 e. The quantitative estimate of drug-likeness (QED) is 0.830. The molecule has 0 aromatic heterocycles. The van der Waals surface area contributed by atoms with Gasteiger partial charge in [-0.3, -0.25) is 9.59 Å². The van der Waals surface area contributed by atoms with E-state index in [0.717, 1.165) is 6.92 Å². The van der Waals surface area contributed by atoms with Crippen molar-refractivity contribution in [2.45, 2.75) is 13.3 Å². The number of carboxylic acids is 2. The standard InChI is InChI=1S/C11H10Cl2O4/c1-11(9(14)15,10(16)17)5-6-4-7(12)2-3-8(6)13/h2-4H,5H2,1H3,(H,14,15)(H,16,17). The van der Waals surface area contributed by atoms with Crippen molar-refractivity contribution in [1.29, 1.82) is 0 Å². The van der Waals surface area contributed by atoms with Gasteiger partial charge in [-0.2, -0.15) is 0 Å². The normalized spacial score (nSPS) is 11.2. The molecule has 0 heterocycles. The molecule has 0 aliphatic heterocycles. The predicted octanol–water partition coefficient (Wildman–Crippen LogP) is 2.71. The molecule has 2 N–H and O–H groups in total. The summed E-state index contributed by atoms with van der Waals surface area (Å²) in [5.74, 6) is -2.83. The Morgan fingerprint density at radius 1 is 1.24 bits per heavy atom. The van der Waals surface area contributed by atoms with Gasteiger partial charge in [-0.1, -0.05) is 23.2 Å². The van der Waals surface area contributed by atoms with Crippen LogP contribution in [0, 0.1) is 5.41 Å². The fourth-order valence-electron chi connectivity index (χ4n) is 1.30. The van der Waals surface area contributed by atoms with E-state index >= 15 is 0 Å². The predicted molar refractivity (Wildman–Crippen MR) is 63.5 cm³/mol. The van der Waals surface area contributed by atoms with Crippen molar-refractivity contribution in [3.05, 3.63) is 33.8 Å². The minimum atomic E-state index is -1.92. The highest BCUT2D eigenvalue weighted by Crippen LogP contribution is 2.29. The lowest BCUT2D eigenvalue weighted by molar-refractivity contribution is -0.163. The highest BCUT2D eigenvalue weighted by molar-refractivity contribution is 6.33. The molecule has 6 heteroatoms. The Labute approximate surface area is 108 Å². The summed E-state index contributed by atoms with van der Waals surface area (Å²) >= 11 is 11.6. The molecule has 0 saturated heterocycles. The molecule has 0 aliphatic rings. The van der Waals surface area contributed by atoms with Gasteiger partial charge >= 0.3 is 11.9 Å². The van der Waals surface area contributed by atoms with E-state index in [4.69, 9.17) is 33.4 Å². The molecule has 1 rings (SSSR count). The van der Waals surface area contributed by atoms with Crippen molar-refractivity contribution < 1.29 is 19.8 Å². The zero-order valence-corrected chi connectivity index (χ0v) is 10.4. The van der Waals surface area contributed by atoms with Crippen LogP contribution in [0.15, 0.2) is 18.2 Å². The summed E-state index contributed by atoms with van der Waals surface area (Å²) in [5.41, 5.74) is -1.53. The van der Waals surface area contributed by atoms with Crippen LogP contribution < -0.4 is 0 Å². The van der Waals surface area contributed by atoms with Crippen LogP contribution in [0.5, 0.6) is 0 Å². The highest BCUT2D eigenvalue weighted by atomic mass is 35.5. The van der Waals surface area contributed by atoms with E-state index in [2.05, 4.69) is 0 Å². The largest absolute Gasteiger partial charge is 0.480 e. The Balaban J connectivity index is 3.15. The molecule has 0 unspecified atom stereocenters. The second kappa shape index (κ2) is 4.94. The van der Waals surface area contributed by atoms with Crippen LogP contribution in [0.3, 0.4) is 0 Å². The van der Waals surface area contributed by atoms with Crippen LogP contribution in [-0.2, 0) is 16.0 Å². The minimum absolute atomic E-state index is 0.225. The number of rotatable bonds is 4. The summed E-state index contributed by atoms with van der Waals surface area (Å²) in [4.78, 5) is 22.0. The molecule has 1 aromatic carbocycles. The first-order chi connectivity index (χ1) is 7.77. The van der Waals surface area contributed by atoms with E-state index in [1.54, 1.807) is 6.07 Å². The van der Waals surface area contributed by atoms with Gasteiger partial charge in [0.25, 0.3) is 0 Å². The molecule has 0 amide bonds. The Bertz CT molecular complexity index is 457. The molecule has 92 valence electrons. The fraction of sp³-hybridized carbons (Fsp3) is 0.273. The molecule has 0 saturated carbocycles. The van der Waals surface area contributed by atoms with Crippen molar-refractivity contribution in [2.75, 3.05) is 0 Å². The molecule has 17 heavy (non-hydrogen) atoms. The van der Waals surface area contributed by atoms with E-state index in [9.17, 15) is 9.59 Å². The summed E-state index contributed by atoms with van der Waals surface area (Å²) < 4.78 is 0. The minimum Gasteiger partial charge on any atom is -0.480 e. The van der Waals surface area contributed by atoms with Crippen molar-refractivity contribution in [3.63, 3.8) is 0 Å². The second-order valence-corrected chi connectivity index (χ2v) is 4.70. The fourth-order valence-corrected chi connectivity index (χ4v) is 1.68. The molecule has 4 nitrogen and oxygen atoms in total. The lowest BCUT2D eigenvalue weighted by Crippen LogP contribution is -2.38. The number of halogens is 2. The third-order valence-electron chi connectivity index (χ3n) is 2.50. The van der Waals surface area contributed by atoms with Crippen LogP contribution in [-0.4, -0.2) is 22.2 Å². The molecule has 0 atom stereocenters. The average Bonchev–Trinajstić information content (AvgIpc) is 2.22. The molecule has 1 aromatic rings. The highest BCUT2D eigenvalue weighted by Gasteiger charge is 2.42. The first-order valence-corrected chi connectivity index (χ1v) is 5.43. The van der Waals surface area contributed by atoms with Gasteiger partial charge in [0.2, 0.25) is 0 Å². The topological polar surface area (TPSA) is 74.6 Å². The first-order valence-electron chi connectivity index (χ1n) is 4.68. The summed E-state index contributed by atoms with van der Waals surface area (Å²) in [6.45, 7) is 1.13. The van der Waals surface area contributed by atoms with Gasteiger partial charge in [0.05, 0.1) is 0 Å². The summed E-state index contributed by atoms with van der Waals surface area (Å²) in [7, 11) is 0. The van der Waals surface area contributed by atoms with Crippen LogP contribution in [0.25, 0.3) is 0 Å². The Hall–Kier alpha value is -1.26. The van der Waals surface area contributed by atoms with E-state index < -0.39 is 17.4 Å². The molecule has 0 spiro atoms. The second-order valence-electron chi connectivity index (χ2n) is 3.85. The molecular weight excluding hydrogens is 267 g/mol. The Morgan fingerprint density at radius 2 is 1.76 bits per heavy atom. The van der Waals surface area contributed by atoms with Crippen LogP contribution in [0.1, 0.15) is 12.5 Å². The van der Waals surface area contributed by atoms with Gasteiger partial charge in [0.1, 0.15) is 0 Å². The molecule has 0 aliphatic carbocycles. The number of hydrogen-bond donors (Lipinski definition) is 2. The Morgan fingerprint density at radius 3 is 2.24 bits per heavy atom. The van der Waals surface area contributed by atoms with E-state index in [1.165, 1.54) is 12.1 Å². The number of hydrogen-bond acceptors (Lipinski definition) is 2. The van der Waals surface area contributed by atoms with E-state index in [0.29, 0.717) is 15.6 Å². The summed E-state index contributed by atoms with van der Waals surface area (Å²) in [5, 5.41) is 18.6. The van der Waals surface area contributed by atoms with Crippen LogP contribution >= 0.6 is 23.2 Å². The zero-order valence-electron chi connectivity index (χ0n) is 8.91. The smallest absolute Gasteiger partial charge is 0.321 e. The van der Waals surface area contributed by atoms with Crippen molar-refractivity contribution in [1.82, 2.24) is 0 Å². The van der Waals surface area contributed by atoms with Gasteiger partial charge in [0.15, 0.2) is 5.41 Å². The van der Waals surface area contributed by atoms with E-state index in [1.807, 2.05) is 0 Å². The molecular formula is C11H10Cl2O4. The van der Waals surface area contributed by atoms with Crippen molar-refractivity contribution in [2.24, 2.45) is 5.41 Å². The number of carboxylic acid groups (broad SMARTS) is 2. The number of benzene rings is 1. The Kier molecular flexibility index (Phi) is 4.01. The molecule has 0 radical (unpaired) electrons. The van der Waals surface area contributed by atoms with Crippen LogP contribution in [0.4, 0.5) is 0 Å². The maximum atomic E-state index is 11.0. The number of aliphatic carboxylic acids is 2. The van der Waals surface area contributed by atoms with Gasteiger partial charge in [-0.15, -0.1) is 0 Å². The SMILES string of the molecule is CC(Cc1cc(Cl)ccc1Cl)(C(=O)O)C(=O)O. The zero-order chi connectivity index (χ0) is 13.2. The first kappa shape index (κ1) is 13.8. The summed E-state index contributed by atoms with van der Waals surface area (Å²) in [6.07, 6.45) is -0.225. The third-order valence-corrected chi connectivity index (χ3v) is 3.10. The van der Waals surface area contributed by atoms with Gasteiger partial charge in [-0.05, 0) is 30.7 Å². The van der Waals surface area contributed by atoms with Crippen molar-refractivity contribution in [3.8, 4) is 0 Å². The van der Waals surface area contributed by atoms with Crippen molar-refractivity contribution >= 4 is 35.1 Å². The third kappa shape index (κ3) is 2.90. The molecule has 0 fully saturated rings. The average molecular weight is 277 g/mol. The van der Waals surface area contributed by atoms with Gasteiger partial charge < -0.3 is 10.2 Å². The van der Waals surface area contributed by atoms with E-state index in [-0.39, 0.29) is 6.42 Å². The maximum absolute atomic E-state index is 11.0.